The lowest BCUT2D eigenvalue weighted by Crippen LogP contribution is -2.62. The van der Waals surface area contributed by atoms with E-state index in [1.54, 1.807) is 6.33 Å². The molecular weight excluding hydrogens is 318 g/mol. The van der Waals surface area contributed by atoms with Crippen molar-refractivity contribution in [3.05, 3.63) is 53.6 Å². The summed E-state index contributed by atoms with van der Waals surface area (Å²) >= 11 is 0. The summed E-state index contributed by atoms with van der Waals surface area (Å²) in [6.45, 7) is 4.63. The van der Waals surface area contributed by atoms with Crippen LogP contribution in [0.1, 0.15) is 61.9 Å². The molecule has 5 aliphatic rings. The summed E-state index contributed by atoms with van der Waals surface area (Å²) in [5, 5.41) is 0. The Labute approximate surface area is 155 Å². The molecule has 0 saturated heterocycles. The van der Waals surface area contributed by atoms with Crippen molar-refractivity contribution >= 4 is 5.69 Å². The first kappa shape index (κ1) is 15.2. The lowest BCUT2D eigenvalue weighted by atomic mass is 9.47. The predicted molar refractivity (Wildman–Crippen MR) is 103 cm³/mol. The molecule has 1 aromatic carbocycles. The van der Waals surface area contributed by atoms with Crippen LogP contribution in [0.2, 0.25) is 0 Å². The van der Waals surface area contributed by atoms with Crippen LogP contribution in [0.15, 0.2) is 36.8 Å². The second-order valence-electron chi connectivity index (χ2n) is 9.29. The van der Waals surface area contributed by atoms with Crippen LogP contribution >= 0.6 is 0 Å². The minimum absolute atomic E-state index is 0.0945. The molecule has 4 saturated carbocycles. The number of para-hydroxylation sites is 1. The molecule has 3 heteroatoms. The summed E-state index contributed by atoms with van der Waals surface area (Å²) < 4.78 is 0. The lowest BCUT2D eigenvalue weighted by Gasteiger charge is -2.63. The second-order valence-corrected chi connectivity index (χ2v) is 9.29. The van der Waals surface area contributed by atoms with Gasteiger partial charge in [0.15, 0.2) is 0 Å². The molecule has 1 aromatic heterocycles. The van der Waals surface area contributed by atoms with Crippen molar-refractivity contribution < 1.29 is 0 Å². The van der Waals surface area contributed by atoms with E-state index in [0.717, 1.165) is 23.7 Å². The van der Waals surface area contributed by atoms with Crippen molar-refractivity contribution in [1.82, 2.24) is 9.97 Å². The van der Waals surface area contributed by atoms with Gasteiger partial charge in [-0.05, 0) is 81.3 Å². The Morgan fingerprint density at radius 1 is 1.00 bits per heavy atom. The van der Waals surface area contributed by atoms with E-state index in [9.17, 15) is 0 Å². The average molecular weight is 345 g/mol. The molecule has 0 unspecified atom stereocenters. The van der Waals surface area contributed by atoms with E-state index in [-0.39, 0.29) is 5.54 Å². The van der Waals surface area contributed by atoms with Crippen LogP contribution in [0.5, 0.6) is 0 Å². The lowest BCUT2D eigenvalue weighted by molar-refractivity contribution is -0.0619. The van der Waals surface area contributed by atoms with Crippen molar-refractivity contribution in [2.24, 2.45) is 23.7 Å². The summed E-state index contributed by atoms with van der Waals surface area (Å²) in [5.74, 6) is 3.42. The fraction of sp³-hybridized carbons (Fsp3) is 0.565. The number of rotatable bonds is 1. The van der Waals surface area contributed by atoms with Crippen LogP contribution < -0.4 is 4.90 Å². The zero-order valence-corrected chi connectivity index (χ0v) is 15.7. The molecule has 2 aromatic rings. The van der Waals surface area contributed by atoms with Gasteiger partial charge in [-0.1, -0.05) is 18.2 Å². The van der Waals surface area contributed by atoms with E-state index in [4.69, 9.17) is 4.98 Å². The monoisotopic (exact) mass is 345 g/mol. The van der Waals surface area contributed by atoms with Crippen LogP contribution in [0.3, 0.4) is 0 Å². The third-order valence-corrected chi connectivity index (χ3v) is 8.11. The van der Waals surface area contributed by atoms with E-state index in [1.165, 1.54) is 54.6 Å². The van der Waals surface area contributed by atoms with Gasteiger partial charge in [0.05, 0.1) is 17.3 Å². The molecule has 1 spiro atoms. The molecule has 1 aliphatic heterocycles. The number of aryl methyl sites for hydroxylation is 1. The Morgan fingerprint density at radius 2 is 1.69 bits per heavy atom. The minimum Gasteiger partial charge on any atom is -0.353 e. The second kappa shape index (κ2) is 5.09. The molecule has 2 heterocycles. The Kier molecular flexibility index (Phi) is 2.97. The summed E-state index contributed by atoms with van der Waals surface area (Å²) in [4.78, 5) is 12.2. The highest BCUT2D eigenvalue weighted by atomic mass is 15.3. The zero-order chi connectivity index (χ0) is 17.5. The molecule has 26 heavy (non-hydrogen) atoms. The summed E-state index contributed by atoms with van der Waals surface area (Å²) in [6.07, 6.45) is 11.0. The van der Waals surface area contributed by atoms with Gasteiger partial charge >= 0.3 is 0 Å². The number of hydrogen-bond acceptors (Lipinski definition) is 3. The first-order valence-electron chi connectivity index (χ1n) is 10.3. The standard InChI is InChI=1S/C23H27N3/c1-14-5-3-4-6-21(14)26-15(2)20-12-24-13-25-22(20)23(26)18-8-16-7-17(10-18)11-19(23)9-16/h3-6,12-13,15-19H,7-11H2,1-2H3/t15-,16?,17?,18?,19?,23?/m0/s1. The van der Waals surface area contributed by atoms with E-state index in [2.05, 4.69) is 54.2 Å². The van der Waals surface area contributed by atoms with Gasteiger partial charge in [0.25, 0.3) is 0 Å². The average Bonchev–Trinajstić information content (AvgIpc) is 2.90. The molecular formula is C23H27N3. The van der Waals surface area contributed by atoms with Crippen LogP contribution in [0, 0.1) is 30.6 Å². The van der Waals surface area contributed by atoms with Gasteiger partial charge in [0.1, 0.15) is 6.33 Å². The normalized spacial score (nSPS) is 39.6. The Bertz CT molecular complexity index is 845. The summed E-state index contributed by atoms with van der Waals surface area (Å²) in [6, 6.07) is 9.31. The molecule has 0 amide bonds. The molecule has 0 radical (unpaired) electrons. The maximum absolute atomic E-state index is 4.96. The number of anilines is 1. The molecule has 1 atom stereocenters. The number of nitrogens with zero attached hydrogens (tertiary/aromatic N) is 3. The number of benzene rings is 1. The summed E-state index contributed by atoms with van der Waals surface area (Å²) in [5.41, 5.74) is 5.61. The number of fused-ring (bicyclic) bond motifs is 1. The summed E-state index contributed by atoms with van der Waals surface area (Å²) in [7, 11) is 0. The number of aromatic nitrogens is 2. The van der Waals surface area contributed by atoms with Gasteiger partial charge < -0.3 is 4.90 Å². The quantitative estimate of drug-likeness (QED) is 0.727. The predicted octanol–water partition coefficient (Wildman–Crippen LogP) is 5.02. The maximum atomic E-state index is 4.96. The fourth-order valence-corrected chi connectivity index (χ4v) is 7.48. The van der Waals surface area contributed by atoms with E-state index < -0.39 is 0 Å². The van der Waals surface area contributed by atoms with Crippen LogP contribution in [0.25, 0.3) is 0 Å². The number of hydrogen-bond donors (Lipinski definition) is 0. The van der Waals surface area contributed by atoms with Crippen molar-refractivity contribution in [2.45, 2.75) is 57.5 Å². The van der Waals surface area contributed by atoms with Gasteiger partial charge in [-0.3, -0.25) is 0 Å². The van der Waals surface area contributed by atoms with E-state index >= 15 is 0 Å². The van der Waals surface area contributed by atoms with Crippen molar-refractivity contribution in [3.63, 3.8) is 0 Å². The topological polar surface area (TPSA) is 29.0 Å². The SMILES string of the molecule is Cc1ccccc1N1[C@@H](C)c2cncnc2C12C1CC3CC(C1)CC2C3. The van der Waals surface area contributed by atoms with Gasteiger partial charge in [-0.2, -0.15) is 0 Å². The van der Waals surface area contributed by atoms with Crippen molar-refractivity contribution in [3.8, 4) is 0 Å². The molecule has 3 nitrogen and oxygen atoms in total. The van der Waals surface area contributed by atoms with Gasteiger partial charge in [-0.25, -0.2) is 9.97 Å². The molecule has 134 valence electrons. The third-order valence-electron chi connectivity index (χ3n) is 8.11. The Balaban J connectivity index is 1.62. The highest BCUT2D eigenvalue weighted by Crippen LogP contribution is 2.68. The first-order valence-corrected chi connectivity index (χ1v) is 10.3. The molecule has 4 bridgehead atoms. The first-order chi connectivity index (χ1) is 12.7. The Hall–Kier alpha value is -1.90. The van der Waals surface area contributed by atoms with Crippen molar-refractivity contribution in [1.29, 1.82) is 0 Å². The smallest absolute Gasteiger partial charge is 0.115 e. The molecule has 4 aliphatic carbocycles. The van der Waals surface area contributed by atoms with Gasteiger partial charge in [0.2, 0.25) is 0 Å². The van der Waals surface area contributed by atoms with Crippen LogP contribution in [-0.2, 0) is 5.54 Å². The minimum atomic E-state index is 0.0945. The van der Waals surface area contributed by atoms with Crippen LogP contribution in [-0.4, -0.2) is 9.97 Å². The molecule has 7 rings (SSSR count). The fourth-order valence-electron chi connectivity index (χ4n) is 7.48. The van der Waals surface area contributed by atoms with Crippen molar-refractivity contribution in [2.75, 3.05) is 4.90 Å². The highest BCUT2D eigenvalue weighted by Gasteiger charge is 2.65. The van der Waals surface area contributed by atoms with Gasteiger partial charge in [0, 0.05) is 17.4 Å². The highest BCUT2D eigenvalue weighted by molar-refractivity contribution is 5.63. The van der Waals surface area contributed by atoms with Gasteiger partial charge in [-0.15, -0.1) is 0 Å². The molecule has 0 N–H and O–H groups in total. The Morgan fingerprint density at radius 3 is 2.38 bits per heavy atom. The zero-order valence-electron chi connectivity index (χ0n) is 15.7. The van der Waals surface area contributed by atoms with E-state index in [0.29, 0.717) is 6.04 Å². The molecule has 4 fully saturated rings. The van der Waals surface area contributed by atoms with Crippen LogP contribution in [0.4, 0.5) is 5.69 Å². The third kappa shape index (κ3) is 1.70. The maximum Gasteiger partial charge on any atom is 0.115 e. The largest absolute Gasteiger partial charge is 0.353 e. The van der Waals surface area contributed by atoms with E-state index in [1.807, 2.05) is 0 Å².